The van der Waals surface area contributed by atoms with Crippen LogP contribution in [0.1, 0.15) is 35.6 Å². The molecule has 0 saturated carbocycles. The average molecular weight is 267 g/mol. The van der Waals surface area contributed by atoms with E-state index in [1.54, 1.807) is 7.11 Å². The van der Waals surface area contributed by atoms with Gasteiger partial charge in [0, 0.05) is 18.7 Å². The summed E-state index contributed by atoms with van der Waals surface area (Å²) >= 11 is 0. The van der Waals surface area contributed by atoms with Crippen molar-refractivity contribution in [1.29, 1.82) is 0 Å². The van der Waals surface area contributed by atoms with Crippen LogP contribution in [0.25, 0.3) is 0 Å². The topological polar surface area (TPSA) is 12.5 Å². The molecule has 0 aromatic heterocycles. The first-order valence-electron chi connectivity index (χ1n) is 7.09. The maximum Gasteiger partial charge on any atom is 0.119 e. The number of ether oxygens (including phenoxy) is 1. The Labute approximate surface area is 121 Å². The van der Waals surface area contributed by atoms with Crippen LogP contribution in [0.15, 0.2) is 42.5 Å². The van der Waals surface area contributed by atoms with E-state index in [0.717, 1.165) is 5.75 Å². The van der Waals surface area contributed by atoms with Gasteiger partial charge in [-0.25, -0.2) is 0 Å². The normalized spacial score (nSPS) is 20.9. The van der Waals surface area contributed by atoms with Crippen LogP contribution >= 0.6 is 0 Å². The van der Waals surface area contributed by atoms with Crippen molar-refractivity contribution in [2.24, 2.45) is 0 Å². The molecule has 0 bridgehead atoms. The van der Waals surface area contributed by atoms with Gasteiger partial charge in [-0.1, -0.05) is 31.2 Å². The van der Waals surface area contributed by atoms with E-state index < -0.39 is 0 Å². The summed E-state index contributed by atoms with van der Waals surface area (Å²) in [5.41, 5.74) is 5.47. The molecule has 2 heteroatoms. The molecule has 0 radical (unpaired) electrons. The van der Waals surface area contributed by atoms with E-state index in [1.165, 1.54) is 22.4 Å². The quantitative estimate of drug-likeness (QED) is 0.804. The summed E-state index contributed by atoms with van der Waals surface area (Å²) in [6, 6.07) is 15.5. The van der Waals surface area contributed by atoms with Crippen molar-refractivity contribution >= 4 is 5.69 Å². The molecular weight excluding hydrogens is 246 g/mol. The summed E-state index contributed by atoms with van der Waals surface area (Å²) in [4.78, 5) is 2.40. The molecule has 20 heavy (non-hydrogen) atoms. The van der Waals surface area contributed by atoms with Crippen molar-refractivity contribution in [3.05, 3.63) is 59.2 Å². The summed E-state index contributed by atoms with van der Waals surface area (Å²) in [6.45, 7) is 4.48. The Bertz CT molecular complexity index is 606. The second-order valence-electron chi connectivity index (χ2n) is 5.63. The van der Waals surface area contributed by atoms with Gasteiger partial charge >= 0.3 is 0 Å². The molecule has 2 aromatic rings. The number of fused-ring (bicyclic) bond motifs is 1. The number of aryl methyl sites for hydroxylation is 1. The third-order valence-corrected chi connectivity index (χ3v) is 4.49. The zero-order chi connectivity index (χ0) is 14.3. The summed E-state index contributed by atoms with van der Waals surface area (Å²) in [6.07, 6.45) is 0. The highest BCUT2D eigenvalue weighted by atomic mass is 16.5. The van der Waals surface area contributed by atoms with Gasteiger partial charge in [-0.05, 0) is 41.8 Å². The summed E-state index contributed by atoms with van der Waals surface area (Å²) < 4.78 is 5.31. The molecule has 104 valence electrons. The van der Waals surface area contributed by atoms with E-state index in [0.29, 0.717) is 12.0 Å². The number of para-hydroxylation sites is 1. The Kier molecular flexibility index (Phi) is 3.17. The van der Waals surface area contributed by atoms with Crippen molar-refractivity contribution in [3.8, 4) is 5.75 Å². The van der Waals surface area contributed by atoms with Crippen LogP contribution in [0.4, 0.5) is 5.69 Å². The highest BCUT2D eigenvalue weighted by molar-refractivity contribution is 5.63. The third-order valence-electron chi connectivity index (χ3n) is 4.49. The molecule has 2 aromatic carbocycles. The monoisotopic (exact) mass is 267 g/mol. The second-order valence-corrected chi connectivity index (χ2v) is 5.63. The van der Waals surface area contributed by atoms with E-state index in [4.69, 9.17) is 4.74 Å². The van der Waals surface area contributed by atoms with Gasteiger partial charge in [0.1, 0.15) is 5.75 Å². The number of hydrogen-bond acceptors (Lipinski definition) is 2. The number of benzene rings is 2. The number of nitrogens with zero attached hydrogens (tertiary/aromatic N) is 1. The molecule has 2 unspecified atom stereocenters. The molecule has 0 N–H and O–H groups in total. The fourth-order valence-electron chi connectivity index (χ4n) is 3.43. The Hall–Kier alpha value is -1.96. The Morgan fingerprint density at radius 1 is 1.05 bits per heavy atom. The lowest BCUT2D eigenvalue weighted by Crippen LogP contribution is -2.22. The third kappa shape index (κ3) is 1.87. The van der Waals surface area contributed by atoms with Crippen LogP contribution in [-0.4, -0.2) is 14.2 Å². The Morgan fingerprint density at radius 3 is 2.45 bits per heavy atom. The minimum Gasteiger partial charge on any atom is -0.497 e. The zero-order valence-electron chi connectivity index (χ0n) is 12.6. The van der Waals surface area contributed by atoms with Gasteiger partial charge in [-0.15, -0.1) is 0 Å². The van der Waals surface area contributed by atoms with Crippen LogP contribution < -0.4 is 9.64 Å². The second kappa shape index (κ2) is 4.86. The van der Waals surface area contributed by atoms with Crippen molar-refractivity contribution in [2.75, 3.05) is 19.1 Å². The van der Waals surface area contributed by atoms with E-state index in [-0.39, 0.29) is 0 Å². The van der Waals surface area contributed by atoms with Gasteiger partial charge in [0.15, 0.2) is 0 Å². The van der Waals surface area contributed by atoms with Crippen LogP contribution in [0.3, 0.4) is 0 Å². The average Bonchev–Trinajstić information content (AvgIpc) is 2.72. The first kappa shape index (κ1) is 13.0. The number of hydrogen-bond donors (Lipinski definition) is 0. The molecular formula is C18H21NO. The minimum atomic E-state index is 0.401. The van der Waals surface area contributed by atoms with Crippen LogP contribution in [0.2, 0.25) is 0 Å². The van der Waals surface area contributed by atoms with Crippen molar-refractivity contribution in [3.63, 3.8) is 0 Å². The molecule has 0 amide bonds. The predicted molar refractivity (Wildman–Crippen MR) is 83.7 cm³/mol. The molecule has 3 rings (SSSR count). The van der Waals surface area contributed by atoms with Gasteiger partial charge < -0.3 is 9.64 Å². The summed E-state index contributed by atoms with van der Waals surface area (Å²) in [5.74, 6) is 1.43. The highest BCUT2D eigenvalue weighted by Crippen LogP contribution is 2.48. The van der Waals surface area contributed by atoms with Gasteiger partial charge in [0.05, 0.1) is 13.2 Å². The maximum atomic E-state index is 5.31. The minimum absolute atomic E-state index is 0.401. The number of rotatable bonds is 2. The molecule has 2 atom stereocenters. The Balaban J connectivity index is 2.04. The van der Waals surface area contributed by atoms with Crippen LogP contribution in [0.5, 0.6) is 5.75 Å². The summed E-state index contributed by atoms with van der Waals surface area (Å²) in [7, 11) is 3.91. The Morgan fingerprint density at radius 2 is 1.80 bits per heavy atom. The largest absolute Gasteiger partial charge is 0.497 e. The smallest absolute Gasteiger partial charge is 0.119 e. The fraction of sp³-hybridized carbons (Fsp3) is 0.333. The van der Waals surface area contributed by atoms with E-state index in [2.05, 4.69) is 68.3 Å². The first-order valence-corrected chi connectivity index (χ1v) is 7.09. The highest BCUT2D eigenvalue weighted by Gasteiger charge is 2.34. The van der Waals surface area contributed by atoms with Crippen LogP contribution in [0, 0.1) is 6.92 Å². The maximum absolute atomic E-state index is 5.31. The fourth-order valence-corrected chi connectivity index (χ4v) is 3.43. The van der Waals surface area contributed by atoms with Gasteiger partial charge in [-0.3, -0.25) is 0 Å². The number of likely N-dealkylation sites (N-methyl/N-ethyl adjacent to an activating group) is 1. The predicted octanol–water partition coefficient (Wildman–Crippen LogP) is 4.30. The molecule has 1 aliphatic heterocycles. The van der Waals surface area contributed by atoms with E-state index in [1.807, 2.05) is 0 Å². The first-order chi connectivity index (χ1) is 9.63. The van der Waals surface area contributed by atoms with Crippen molar-refractivity contribution in [2.45, 2.75) is 25.8 Å². The lowest BCUT2D eigenvalue weighted by atomic mass is 9.89. The zero-order valence-corrected chi connectivity index (χ0v) is 12.6. The van der Waals surface area contributed by atoms with Gasteiger partial charge in [0.25, 0.3) is 0 Å². The summed E-state index contributed by atoms with van der Waals surface area (Å²) in [5, 5.41) is 0. The van der Waals surface area contributed by atoms with Gasteiger partial charge in [-0.2, -0.15) is 0 Å². The van der Waals surface area contributed by atoms with E-state index in [9.17, 15) is 0 Å². The van der Waals surface area contributed by atoms with Crippen molar-refractivity contribution in [1.82, 2.24) is 0 Å². The molecule has 1 heterocycles. The van der Waals surface area contributed by atoms with Crippen LogP contribution in [-0.2, 0) is 0 Å². The molecule has 0 spiro atoms. The molecule has 0 aliphatic carbocycles. The molecule has 2 nitrogen and oxygen atoms in total. The number of anilines is 1. The lowest BCUT2D eigenvalue weighted by Gasteiger charge is -2.27. The van der Waals surface area contributed by atoms with Crippen molar-refractivity contribution < 1.29 is 4.74 Å². The SMILES string of the molecule is COc1ccc(C2C(C)c3ccccc3N2C)c(C)c1. The number of methoxy groups -OCH3 is 1. The molecule has 1 aliphatic rings. The van der Waals surface area contributed by atoms with Gasteiger partial charge in [0.2, 0.25) is 0 Å². The molecule has 0 fully saturated rings. The lowest BCUT2D eigenvalue weighted by molar-refractivity contribution is 0.414. The molecule has 0 saturated heterocycles. The van der Waals surface area contributed by atoms with E-state index >= 15 is 0 Å². The standard InChI is InChI=1S/C18H21NO/c1-12-11-14(20-4)9-10-15(12)18-13(2)16-7-5-6-8-17(16)19(18)3/h5-11,13,18H,1-4H3.